The number of aliphatic hydroxyl groups is 2. The second-order valence-corrected chi connectivity index (χ2v) is 16.3. The second-order valence-electron chi connectivity index (χ2n) is 16.3. The molecular weight excluding hydrogens is 624 g/mol. The number of hydrogen-bond acceptors (Lipinski definition) is 8. The number of nitrogens with zero attached hydrogens (tertiary/aromatic N) is 1. The summed E-state index contributed by atoms with van der Waals surface area (Å²) in [7, 11) is 1.48. The van der Waals surface area contributed by atoms with Gasteiger partial charge >= 0.3 is 0 Å². The van der Waals surface area contributed by atoms with E-state index in [-0.39, 0.29) is 43.1 Å². The molecule has 0 aromatic heterocycles. The molecule has 10 nitrogen and oxygen atoms in total. The Hall–Kier alpha value is -2.95. The Morgan fingerprint density at radius 3 is 2.59 bits per heavy atom. The smallest absolute Gasteiger partial charge is 0.249 e. The summed E-state index contributed by atoms with van der Waals surface area (Å²) in [6.45, 7) is 11.5. The highest BCUT2D eigenvalue weighted by Gasteiger charge is 2.56. The number of ether oxygens (including phenoxy) is 3. The van der Waals surface area contributed by atoms with E-state index in [9.17, 15) is 24.6 Å². The summed E-state index contributed by atoms with van der Waals surface area (Å²) in [5.41, 5.74) is 1.44. The third kappa shape index (κ3) is 6.65. The fourth-order valence-corrected chi connectivity index (χ4v) is 9.95. The summed E-state index contributed by atoms with van der Waals surface area (Å²) in [6, 6.07) is 2.38. The molecule has 0 radical (unpaired) electrons. The van der Waals surface area contributed by atoms with Crippen LogP contribution in [0.4, 0.5) is 0 Å². The van der Waals surface area contributed by atoms with Crippen LogP contribution in [-0.2, 0) is 14.3 Å². The van der Waals surface area contributed by atoms with E-state index in [1.807, 2.05) is 0 Å². The molecule has 7 rings (SSSR count). The predicted molar refractivity (Wildman–Crippen MR) is 184 cm³/mol. The molecule has 1 aliphatic heterocycles. The zero-order valence-corrected chi connectivity index (χ0v) is 30.0. The van der Waals surface area contributed by atoms with Gasteiger partial charge in [0.05, 0.1) is 31.8 Å². The molecule has 2 amide bonds. The number of aliphatic hydroxyl groups excluding tert-OH is 2. The van der Waals surface area contributed by atoms with Crippen LogP contribution in [0, 0.1) is 40.9 Å². The van der Waals surface area contributed by atoms with Crippen LogP contribution in [0.1, 0.15) is 95.0 Å². The Morgan fingerprint density at radius 2 is 1.94 bits per heavy atom. The van der Waals surface area contributed by atoms with Gasteiger partial charge in [-0.05, 0) is 91.2 Å². The minimum absolute atomic E-state index is 0.0151. The topological polar surface area (TPSA) is 135 Å². The number of methoxy groups -OCH3 is 1. The minimum Gasteiger partial charge on any atom is -0.493 e. The molecule has 0 saturated heterocycles. The lowest BCUT2D eigenvalue weighted by molar-refractivity contribution is -0.154. The van der Waals surface area contributed by atoms with Gasteiger partial charge in [0.15, 0.2) is 11.5 Å². The highest BCUT2D eigenvalue weighted by molar-refractivity contribution is 5.96. The number of amides is 2. The van der Waals surface area contributed by atoms with Gasteiger partial charge in [-0.2, -0.15) is 0 Å². The van der Waals surface area contributed by atoms with Crippen molar-refractivity contribution in [3.05, 3.63) is 34.9 Å². The third-order valence-electron chi connectivity index (χ3n) is 12.9. The average Bonchev–Trinajstić information content (AvgIpc) is 3.48. The fourth-order valence-electron chi connectivity index (χ4n) is 9.95. The van der Waals surface area contributed by atoms with Gasteiger partial charge in [-0.25, -0.2) is 0 Å². The van der Waals surface area contributed by atoms with E-state index in [2.05, 4.69) is 39.9 Å². The normalized spacial score (nSPS) is 34.1. The Morgan fingerprint density at radius 1 is 1.16 bits per heavy atom. The molecule has 270 valence electrons. The first-order chi connectivity index (χ1) is 23.4. The largest absolute Gasteiger partial charge is 0.493 e. The predicted octanol–water partition coefficient (Wildman–Crippen LogP) is 4.51. The second kappa shape index (κ2) is 14.3. The lowest BCUT2D eigenvalue weighted by Crippen LogP contribution is -2.60. The van der Waals surface area contributed by atoms with Crippen LogP contribution in [0.15, 0.2) is 23.8 Å². The summed E-state index contributed by atoms with van der Waals surface area (Å²) < 4.78 is 18.5. The molecule has 1 aromatic carbocycles. The molecule has 4 saturated carbocycles. The van der Waals surface area contributed by atoms with Crippen LogP contribution in [0.2, 0.25) is 0 Å². The monoisotopic (exact) mass is 680 g/mol. The number of fused-ring (bicyclic) bond motifs is 5. The van der Waals surface area contributed by atoms with Gasteiger partial charge < -0.3 is 34.6 Å². The first-order valence-electron chi connectivity index (χ1n) is 18.4. The van der Waals surface area contributed by atoms with Gasteiger partial charge in [0.25, 0.3) is 0 Å². The molecular formula is C39H56N2O8. The molecule has 4 fully saturated rings. The first kappa shape index (κ1) is 35.9. The van der Waals surface area contributed by atoms with Crippen molar-refractivity contribution in [2.45, 2.75) is 103 Å². The maximum absolute atomic E-state index is 14.5. The van der Waals surface area contributed by atoms with Crippen molar-refractivity contribution in [3.63, 3.8) is 0 Å². The van der Waals surface area contributed by atoms with Crippen molar-refractivity contribution < 1.29 is 38.8 Å². The molecule has 0 spiro atoms. The van der Waals surface area contributed by atoms with Crippen LogP contribution < -0.4 is 14.8 Å². The standard InChI is InChI=1S/C39H56N2O8/c1-21(2)26-10-7-22(3)13-31(26)48-20-33(44)41(18-24-8-9-25-16-29(24)39(25,4)5)30-17-28(38(46)40-11-12-42)34-27-14-23(19-43)15-32(47-6)36(27)49-37(34)35(30)45/h14-15,17,19,21-22,24-26,29-31,34-35,37,42,45H,7-13,16,18,20H2,1-6H3,(H,40,46). The number of benzene rings is 1. The number of carbonyl (C=O) groups is 3. The summed E-state index contributed by atoms with van der Waals surface area (Å²) in [5.74, 6) is 2.13. The Bertz CT molecular complexity index is 1440. The lowest BCUT2D eigenvalue weighted by atomic mass is 9.45. The van der Waals surface area contributed by atoms with Gasteiger partial charge in [-0.1, -0.05) is 41.0 Å². The number of carbonyl (C=O) groups excluding carboxylic acids is 3. The third-order valence-corrected chi connectivity index (χ3v) is 12.9. The van der Waals surface area contributed by atoms with Gasteiger partial charge in [-0.15, -0.1) is 0 Å². The zero-order valence-electron chi connectivity index (χ0n) is 30.0. The van der Waals surface area contributed by atoms with Gasteiger partial charge in [0.2, 0.25) is 11.8 Å². The maximum Gasteiger partial charge on any atom is 0.249 e. The van der Waals surface area contributed by atoms with Crippen LogP contribution in [0.25, 0.3) is 0 Å². The SMILES string of the molecule is COc1cc(C=O)cc2c1OC1C2C(C(=O)NCCO)=CC(N(CC2CCC3CC2C3(C)C)C(=O)COC2CC(C)CCC2C(C)C)C1O. The Balaban J connectivity index is 1.36. The molecule has 6 aliphatic rings. The van der Waals surface area contributed by atoms with Gasteiger partial charge in [0.1, 0.15) is 25.1 Å². The van der Waals surface area contributed by atoms with Crippen LogP contribution in [-0.4, -0.2) is 91.0 Å². The number of hydrogen-bond donors (Lipinski definition) is 3. The molecule has 49 heavy (non-hydrogen) atoms. The van der Waals surface area contributed by atoms with Crippen molar-refractivity contribution in [2.24, 2.45) is 40.9 Å². The maximum atomic E-state index is 14.5. The Labute approximate surface area is 290 Å². The van der Waals surface area contributed by atoms with Gasteiger partial charge in [-0.3, -0.25) is 14.4 Å². The van der Waals surface area contributed by atoms with E-state index < -0.39 is 30.1 Å². The van der Waals surface area contributed by atoms with E-state index in [0.717, 1.165) is 38.5 Å². The fraction of sp³-hybridized carbons (Fsp3) is 0.718. The molecule has 10 unspecified atom stereocenters. The lowest BCUT2D eigenvalue weighted by Gasteiger charge is -2.61. The van der Waals surface area contributed by atoms with Crippen LogP contribution in [0.5, 0.6) is 11.5 Å². The summed E-state index contributed by atoms with van der Waals surface area (Å²) in [6.07, 6.45) is 6.74. The molecule has 5 aliphatic carbocycles. The van der Waals surface area contributed by atoms with Crippen molar-refractivity contribution in [2.75, 3.05) is 33.4 Å². The quantitative estimate of drug-likeness (QED) is 0.275. The molecule has 10 atom stereocenters. The first-order valence-corrected chi connectivity index (χ1v) is 18.4. The molecule has 2 bridgehead atoms. The number of nitrogens with one attached hydrogen (secondary N) is 1. The van der Waals surface area contributed by atoms with Gasteiger partial charge in [0, 0.05) is 29.8 Å². The van der Waals surface area contributed by atoms with Crippen LogP contribution in [0.3, 0.4) is 0 Å². The molecule has 3 N–H and O–H groups in total. The molecule has 10 heteroatoms. The highest BCUT2D eigenvalue weighted by Crippen LogP contribution is 2.61. The van der Waals surface area contributed by atoms with E-state index in [1.54, 1.807) is 23.1 Å². The molecule has 1 heterocycles. The van der Waals surface area contributed by atoms with Crippen molar-refractivity contribution in [1.29, 1.82) is 0 Å². The number of aldehydes is 1. The Kier molecular flexibility index (Phi) is 10.5. The summed E-state index contributed by atoms with van der Waals surface area (Å²) >= 11 is 0. The van der Waals surface area contributed by atoms with Crippen molar-refractivity contribution in [3.8, 4) is 11.5 Å². The van der Waals surface area contributed by atoms with E-state index in [4.69, 9.17) is 14.2 Å². The van der Waals surface area contributed by atoms with Crippen molar-refractivity contribution >= 4 is 18.1 Å². The average molecular weight is 681 g/mol. The number of rotatable bonds is 12. The summed E-state index contributed by atoms with van der Waals surface area (Å²) in [4.78, 5) is 41.9. The van der Waals surface area contributed by atoms with Crippen molar-refractivity contribution in [1.82, 2.24) is 10.2 Å². The van der Waals surface area contributed by atoms with Crippen LogP contribution >= 0.6 is 0 Å². The van der Waals surface area contributed by atoms with E-state index >= 15 is 0 Å². The minimum atomic E-state index is -1.18. The zero-order chi connectivity index (χ0) is 35.2. The molecule has 1 aromatic rings. The highest BCUT2D eigenvalue weighted by atomic mass is 16.5. The summed E-state index contributed by atoms with van der Waals surface area (Å²) in [5, 5.41) is 24.5. The van der Waals surface area contributed by atoms with E-state index in [1.165, 1.54) is 7.11 Å². The van der Waals surface area contributed by atoms with E-state index in [0.29, 0.717) is 70.6 Å².